The Labute approximate surface area is 252 Å². The second kappa shape index (κ2) is 12.8. The molecule has 5 rings (SSSR count). The molecule has 0 fully saturated rings. The maximum Gasteiger partial charge on any atom is 0.330 e. The van der Waals surface area contributed by atoms with Gasteiger partial charge in [0.05, 0.1) is 14.2 Å². The van der Waals surface area contributed by atoms with Gasteiger partial charge in [0.15, 0.2) is 5.65 Å². The first-order chi connectivity index (χ1) is 21.1. The zero-order valence-electron chi connectivity index (χ0n) is 24.4. The number of ether oxygens (including phenoxy) is 2. The number of fused-ring (bicyclic) bond motifs is 1. The lowest BCUT2D eigenvalue weighted by molar-refractivity contribution is 0.392. The van der Waals surface area contributed by atoms with Crippen LogP contribution in [0.2, 0.25) is 0 Å². The van der Waals surface area contributed by atoms with Crippen LogP contribution < -0.4 is 25.4 Å². The molecule has 0 amide bonds. The summed E-state index contributed by atoms with van der Waals surface area (Å²) in [6.07, 6.45) is 1.72. The molecule has 0 aliphatic rings. The third-order valence-corrected chi connectivity index (χ3v) is 8.73. The fourth-order valence-corrected chi connectivity index (χ4v) is 6.24. The number of methoxy groups -OCH3 is 2. The van der Waals surface area contributed by atoms with Crippen LogP contribution in [0.1, 0.15) is 42.6 Å². The van der Waals surface area contributed by atoms with Crippen molar-refractivity contribution in [3.05, 3.63) is 110 Å². The summed E-state index contributed by atoms with van der Waals surface area (Å²) >= 11 is 0. The minimum Gasteiger partial charge on any atom is -0.497 e. The molecule has 0 aliphatic heterocycles. The predicted molar refractivity (Wildman–Crippen MR) is 165 cm³/mol. The molecule has 11 nitrogen and oxygen atoms in total. The van der Waals surface area contributed by atoms with Gasteiger partial charge in [-0.3, -0.25) is 19.1 Å². The van der Waals surface area contributed by atoms with E-state index in [1.807, 2.05) is 6.92 Å². The maximum absolute atomic E-state index is 14.8. The van der Waals surface area contributed by atoms with Crippen LogP contribution in [-0.2, 0) is 23.0 Å². The van der Waals surface area contributed by atoms with Crippen LogP contribution in [0.25, 0.3) is 11.2 Å². The number of aryl methyl sites for hydroxylation is 1. The number of nitrogens with zero attached hydrogens (tertiary/aromatic N) is 2. The Kier molecular flexibility index (Phi) is 8.86. The molecule has 1 unspecified atom stereocenters. The molecular formula is C31H32FN5O6S. The molecule has 0 aliphatic carbocycles. The topological polar surface area (TPSA) is 148 Å². The van der Waals surface area contributed by atoms with Crippen molar-refractivity contribution in [1.29, 1.82) is 0 Å². The van der Waals surface area contributed by atoms with E-state index in [2.05, 4.69) is 19.7 Å². The fraction of sp³-hybridized carbons (Fsp3) is 0.258. The molecule has 3 aromatic carbocycles. The minimum absolute atomic E-state index is 0.0949. The van der Waals surface area contributed by atoms with Gasteiger partial charge in [0, 0.05) is 24.2 Å². The maximum atomic E-state index is 14.8. The standard InChI is InChI=1S/C31H32FN5O6S/c1-4-5-16-37-29-27(30(38)35-31(37)39)33-28(34-29)23(17-20-8-6-7-9-24(20)32)19-10-12-21(13-11-19)36-44(40,41)26-18-22(42-2)14-15-25(26)43-3/h6-15,18,23,36H,4-5,16-17H2,1-3H3,(H,33,34)(H,35,38,39). The average Bonchev–Trinajstić information content (AvgIpc) is 3.46. The normalized spacial score (nSPS) is 12.3. The second-order valence-corrected chi connectivity index (χ2v) is 11.8. The van der Waals surface area contributed by atoms with Crippen LogP contribution in [0.5, 0.6) is 11.5 Å². The molecule has 1 atom stereocenters. The number of anilines is 1. The lowest BCUT2D eigenvalue weighted by Crippen LogP contribution is -2.30. The number of aromatic nitrogens is 4. The summed E-state index contributed by atoms with van der Waals surface area (Å²) < 4.78 is 55.7. The molecule has 0 saturated carbocycles. The zero-order chi connectivity index (χ0) is 31.4. The highest BCUT2D eigenvalue weighted by Crippen LogP contribution is 2.32. The molecular weight excluding hydrogens is 589 g/mol. The van der Waals surface area contributed by atoms with E-state index in [0.717, 1.165) is 6.42 Å². The SMILES string of the molecule is CCCCn1c(=O)[nH]c(=O)c2[nH]c(C(Cc3ccccc3F)c3ccc(NS(=O)(=O)c4cc(OC)ccc4OC)cc3)nc21. The van der Waals surface area contributed by atoms with E-state index in [1.165, 1.54) is 37.0 Å². The predicted octanol–water partition coefficient (Wildman–Crippen LogP) is 4.54. The van der Waals surface area contributed by atoms with Gasteiger partial charge in [-0.1, -0.05) is 43.7 Å². The summed E-state index contributed by atoms with van der Waals surface area (Å²) in [5.41, 5.74) is 0.585. The third-order valence-electron chi connectivity index (χ3n) is 7.32. The Balaban J connectivity index is 1.54. The van der Waals surface area contributed by atoms with Crippen LogP contribution in [0, 0.1) is 5.82 Å². The minimum atomic E-state index is -4.06. The number of benzene rings is 3. The van der Waals surface area contributed by atoms with Crippen molar-refractivity contribution >= 4 is 26.9 Å². The first-order valence-corrected chi connectivity index (χ1v) is 15.4. The molecule has 2 aromatic heterocycles. The Morgan fingerprint density at radius 3 is 2.43 bits per heavy atom. The largest absolute Gasteiger partial charge is 0.497 e. The summed E-state index contributed by atoms with van der Waals surface area (Å²) in [4.78, 5) is 35.3. The van der Waals surface area contributed by atoms with Crippen molar-refractivity contribution in [3.63, 3.8) is 0 Å². The Bertz CT molecular complexity index is 2020. The number of sulfonamides is 1. The van der Waals surface area contributed by atoms with Crippen molar-refractivity contribution < 1.29 is 22.3 Å². The van der Waals surface area contributed by atoms with E-state index in [1.54, 1.807) is 48.5 Å². The molecule has 0 bridgehead atoms. The monoisotopic (exact) mass is 621 g/mol. The molecule has 0 saturated heterocycles. The van der Waals surface area contributed by atoms with Crippen molar-refractivity contribution in [2.45, 2.75) is 43.5 Å². The van der Waals surface area contributed by atoms with E-state index in [-0.39, 0.29) is 33.9 Å². The quantitative estimate of drug-likeness (QED) is 0.185. The molecule has 0 radical (unpaired) electrons. The van der Waals surface area contributed by atoms with Gasteiger partial charge in [-0.25, -0.2) is 22.6 Å². The van der Waals surface area contributed by atoms with Gasteiger partial charge >= 0.3 is 5.69 Å². The number of hydrogen-bond donors (Lipinski definition) is 3. The van der Waals surface area contributed by atoms with E-state index in [9.17, 15) is 22.4 Å². The van der Waals surface area contributed by atoms with Gasteiger partial charge in [-0.2, -0.15) is 0 Å². The molecule has 44 heavy (non-hydrogen) atoms. The Hall–Kier alpha value is -4.91. The van der Waals surface area contributed by atoms with Gasteiger partial charge in [0.1, 0.15) is 33.6 Å². The van der Waals surface area contributed by atoms with E-state index in [4.69, 9.17) is 9.47 Å². The number of nitrogens with one attached hydrogen (secondary N) is 3. The number of aromatic amines is 2. The zero-order valence-corrected chi connectivity index (χ0v) is 25.2. The summed E-state index contributed by atoms with van der Waals surface area (Å²) in [5, 5.41) is 0. The van der Waals surface area contributed by atoms with Gasteiger partial charge in [-0.15, -0.1) is 0 Å². The number of rotatable bonds is 12. The average molecular weight is 622 g/mol. The van der Waals surface area contributed by atoms with E-state index < -0.39 is 33.0 Å². The Morgan fingerprint density at radius 1 is 1.00 bits per heavy atom. The number of unbranched alkanes of at least 4 members (excludes halogenated alkanes) is 1. The van der Waals surface area contributed by atoms with Crippen LogP contribution in [0.4, 0.5) is 10.1 Å². The van der Waals surface area contributed by atoms with Crippen LogP contribution in [-0.4, -0.2) is 42.2 Å². The summed E-state index contributed by atoms with van der Waals surface area (Å²) in [5.74, 6) is -0.112. The van der Waals surface area contributed by atoms with E-state index >= 15 is 0 Å². The van der Waals surface area contributed by atoms with Crippen LogP contribution in [0.3, 0.4) is 0 Å². The summed E-state index contributed by atoms with van der Waals surface area (Å²) in [6, 6.07) is 17.4. The van der Waals surface area contributed by atoms with E-state index in [0.29, 0.717) is 35.7 Å². The van der Waals surface area contributed by atoms with Crippen LogP contribution >= 0.6 is 0 Å². The lowest BCUT2D eigenvalue weighted by Gasteiger charge is -2.17. The molecule has 3 N–H and O–H groups in total. The van der Waals surface area contributed by atoms with Gasteiger partial charge in [0.2, 0.25) is 0 Å². The molecule has 2 heterocycles. The number of H-pyrrole nitrogens is 2. The van der Waals surface area contributed by atoms with Gasteiger partial charge < -0.3 is 14.5 Å². The molecule has 5 aromatic rings. The smallest absolute Gasteiger partial charge is 0.330 e. The summed E-state index contributed by atoms with van der Waals surface area (Å²) in [7, 11) is -1.25. The Morgan fingerprint density at radius 2 is 1.75 bits per heavy atom. The van der Waals surface area contributed by atoms with Gasteiger partial charge in [0.25, 0.3) is 15.6 Å². The van der Waals surface area contributed by atoms with Crippen molar-refractivity contribution in [3.8, 4) is 11.5 Å². The van der Waals surface area contributed by atoms with Crippen LogP contribution in [0.15, 0.2) is 81.2 Å². The number of hydrogen-bond acceptors (Lipinski definition) is 7. The highest BCUT2D eigenvalue weighted by atomic mass is 32.2. The molecule has 13 heteroatoms. The fourth-order valence-electron chi connectivity index (χ4n) is 4.99. The summed E-state index contributed by atoms with van der Waals surface area (Å²) in [6.45, 7) is 2.36. The highest BCUT2D eigenvalue weighted by molar-refractivity contribution is 7.92. The van der Waals surface area contributed by atoms with Crippen molar-refractivity contribution in [2.24, 2.45) is 0 Å². The first kappa shape index (κ1) is 30.5. The second-order valence-electron chi connectivity index (χ2n) is 10.2. The first-order valence-electron chi connectivity index (χ1n) is 14.0. The number of halogens is 1. The van der Waals surface area contributed by atoms with Crippen molar-refractivity contribution in [2.75, 3.05) is 18.9 Å². The lowest BCUT2D eigenvalue weighted by atomic mass is 9.91. The third kappa shape index (κ3) is 6.23. The van der Waals surface area contributed by atoms with Crippen molar-refractivity contribution in [1.82, 2.24) is 19.5 Å². The molecule has 0 spiro atoms. The highest BCUT2D eigenvalue weighted by Gasteiger charge is 2.24. The molecule has 230 valence electrons. The van der Waals surface area contributed by atoms with Gasteiger partial charge in [-0.05, 0) is 54.3 Å². The number of imidazole rings is 1.